The fourth-order valence-electron chi connectivity index (χ4n) is 3.09. The molecule has 0 bridgehead atoms. The Morgan fingerprint density at radius 1 is 1.10 bits per heavy atom. The summed E-state index contributed by atoms with van der Waals surface area (Å²) in [5.74, 6) is -1.44. The molecule has 1 fully saturated rings. The number of hydrogen-bond acceptors (Lipinski definition) is 5. The van der Waals surface area contributed by atoms with E-state index in [9.17, 15) is 31.2 Å². The van der Waals surface area contributed by atoms with Crippen LogP contribution in [-0.4, -0.2) is 20.1 Å². The minimum Gasteiger partial charge on any atom is -0.294 e. The van der Waals surface area contributed by atoms with E-state index >= 15 is 0 Å². The first-order valence-corrected chi connectivity index (χ1v) is 11.7. The van der Waals surface area contributed by atoms with Crippen molar-refractivity contribution in [2.75, 3.05) is 0 Å². The van der Waals surface area contributed by atoms with Gasteiger partial charge < -0.3 is 0 Å². The van der Waals surface area contributed by atoms with E-state index in [1.807, 2.05) is 4.72 Å². The van der Waals surface area contributed by atoms with Crippen molar-refractivity contribution >= 4 is 54.7 Å². The van der Waals surface area contributed by atoms with E-state index in [0.29, 0.717) is 0 Å². The molecule has 0 radical (unpaired) electrons. The third kappa shape index (κ3) is 4.32. The van der Waals surface area contributed by atoms with Crippen LogP contribution in [0, 0.1) is 5.92 Å². The van der Waals surface area contributed by atoms with Gasteiger partial charge in [0.25, 0.3) is 15.9 Å². The van der Waals surface area contributed by atoms with Gasteiger partial charge in [0.2, 0.25) is 0 Å². The predicted molar refractivity (Wildman–Crippen MR) is 110 cm³/mol. The van der Waals surface area contributed by atoms with E-state index in [1.165, 1.54) is 24.3 Å². The maximum atomic E-state index is 13.2. The van der Waals surface area contributed by atoms with Crippen LogP contribution in [0.15, 0.2) is 47.4 Å². The highest BCUT2D eigenvalue weighted by Gasteiger charge is 2.34. The largest absolute Gasteiger partial charge is 0.417 e. The van der Waals surface area contributed by atoms with Crippen molar-refractivity contribution in [2.24, 2.45) is 5.92 Å². The van der Waals surface area contributed by atoms with Crippen LogP contribution in [0.5, 0.6) is 0 Å². The smallest absolute Gasteiger partial charge is 0.294 e. The zero-order valence-electron chi connectivity index (χ0n) is 15.5. The van der Waals surface area contributed by atoms with Crippen LogP contribution in [0.3, 0.4) is 0 Å². The number of hydrogen-bond donors (Lipinski definition) is 1. The summed E-state index contributed by atoms with van der Waals surface area (Å²) in [7, 11) is -4.47. The summed E-state index contributed by atoms with van der Waals surface area (Å²) in [6.45, 7) is 0. The van der Waals surface area contributed by atoms with Gasteiger partial charge in [-0.1, -0.05) is 17.7 Å². The van der Waals surface area contributed by atoms with Gasteiger partial charge in [-0.2, -0.15) is 13.2 Å². The van der Waals surface area contributed by atoms with Crippen molar-refractivity contribution < 1.29 is 31.2 Å². The highest BCUT2D eigenvalue weighted by Crippen LogP contribution is 2.38. The number of sulfonamides is 1. The number of amides is 1. The van der Waals surface area contributed by atoms with Crippen molar-refractivity contribution in [3.8, 4) is 0 Å². The molecule has 2 aromatic carbocycles. The quantitative estimate of drug-likeness (QED) is 0.496. The number of carbonyl (C=O) groups excluding carboxylic acids is 2. The number of rotatable bonds is 5. The molecule has 11 heteroatoms. The number of halogens is 4. The van der Waals surface area contributed by atoms with Gasteiger partial charge in [-0.15, -0.1) is 11.3 Å². The predicted octanol–water partition coefficient (Wildman–Crippen LogP) is 5.28. The second kappa shape index (κ2) is 7.61. The summed E-state index contributed by atoms with van der Waals surface area (Å²) < 4.78 is 67.1. The summed E-state index contributed by atoms with van der Waals surface area (Å²) in [5, 5.41) is -0.388. The molecular formula is C20H13ClF3NO4S2. The summed E-state index contributed by atoms with van der Waals surface area (Å²) in [6.07, 6.45) is -3.17. The van der Waals surface area contributed by atoms with Gasteiger partial charge in [-0.05, 0) is 49.2 Å². The number of benzene rings is 2. The Labute approximate surface area is 183 Å². The molecule has 0 atom stereocenters. The number of thiophene rings is 1. The zero-order valence-corrected chi connectivity index (χ0v) is 17.9. The Bertz CT molecular complexity index is 1330. The third-order valence-electron chi connectivity index (χ3n) is 4.77. The molecule has 1 amide bonds. The maximum Gasteiger partial charge on any atom is 0.417 e. The van der Waals surface area contributed by atoms with Crippen LogP contribution >= 0.6 is 22.9 Å². The molecule has 1 aliphatic rings. The van der Waals surface area contributed by atoms with Gasteiger partial charge in [0, 0.05) is 21.6 Å². The Morgan fingerprint density at radius 2 is 1.81 bits per heavy atom. The lowest BCUT2D eigenvalue weighted by Gasteiger charge is -2.09. The number of carbonyl (C=O) groups is 2. The molecule has 1 aromatic heterocycles. The minimum atomic E-state index is -4.62. The maximum absolute atomic E-state index is 13.2. The normalized spacial score (nSPS) is 14.6. The van der Waals surface area contributed by atoms with Crippen molar-refractivity contribution in [2.45, 2.75) is 23.9 Å². The van der Waals surface area contributed by atoms with Gasteiger partial charge in [0.15, 0.2) is 5.78 Å². The molecule has 4 rings (SSSR count). The number of nitrogens with one attached hydrogen (secondary N) is 1. The van der Waals surface area contributed by atoms with Crippen molar-refractivity contribution in [1.29, 1.82) is 0 Å². The van der Waals surface area contributed by atoms with Gasteiger partial charge >= 0.3 is 6.18 Å². The molecule has 0 unspecified atom stereocenters. The molecule has 0 spiro atoms. The summed E-state index contributed by atoms with van der Waals surface area (Å²) in [6, 6.07) is 8.27. The van der Waals surface area contributed by atoms with E-state index < -0.39 is 32.6 Å². The van der Waals surface area contributed by atoms with Crippen molar-refractivity contribution in [3.05, 3.63) is 63.5 Å². The molecule has 3 aromatic rings. The molecule has 0 saturated heterocycles. The second-order valence-corrected chi connectivity index (χ2v) is 10.2. The Kier molecular flexibility index (Phi) is 5.35. The fraction of sp³-hybridized carbons (Fsp3) is 0.200. The van der Waals surface area contributed by atoms with Crippen LogP contribution < -0.4 is 4.72 Å². The van der Waals surface area contributed by atoms with Crippen molar-refractivity contribution in [3.63, 3.8) is 0 Å². The molecule has 5 nitrogen and oxygen atoms in total. The minimum absolute atomic E-state index is 0.146. The number of alkyl halides is 3. The lowest BCUT2D eigenvalue weighted by molar-refractivity contribution is -0.136. The average Bonchev–Trinajstić information content (AvgIpc) is 3.44. The molecule has 0 aliphatic heterocycles. The van der Waals surface area contributed by atoms with E-state index in [4.69, 9.17) is 11.6 Å². The van der Waals surface area contributed by atoms with Crippen molar-refractivity contribution in [1.82, 2.24) is 4.72 Å². The van der Waals surface area contributed by atoms with Crippen LogP contribution in [0.2, 0.25) is 5.02 Å². The van der Waals surface area contributed by atoms with E-state index in [-0.39, 0.29) is 37.3 Å². The monoisotopic (exact) mass is 487 g/mol. The number of ketones is 1. The highest BCUT2D eigenvalue weighted by atomic mass is 35.5. The van der Waals surface area contributed by atoms with Gasteiger partial charge in [0.1, 0.15) is 4.90 Å². The Hall–Kier alpha value is -2.43. The highest BCUT2D eigenvalue weighted by molar-refractivity contribution is 7.90. The summed E-state index contributed by atoms with van der Waals surface area (Å²) in [5.41, 5.74) is -0.756. The van der Waals surface area contributed by atoms with Crippen LogP contribution in [0.1, 0.15) is 38.4 Å². The van der Waals surface area contributed by atoms with Crippen LogP contribution in [-0.2, 0) is 16.2 Å². The lowest BCUT2D eigenvalue weighted by Crippen LogP contribution is -2.30. The summed E-state index contributed by atoms with van der Waals surface area (Å²) >= 11 is 6.71. The molecule has 1 heterocycles. The third-order valence-corrected chi connectivity index (χ3v) is 7.68. The molecule has 31 heavy (non-hydrogen) atoms. The zero-order chi connectivity index (χ0) is 22.6. The molecule has 1 saturated carbocycles. The number of fused-ring (bicyclic) bond motifs is 1. The molecular weight excluding hydrogens is 475 g/mol. The second-order valence-electron chi connectivity index (χ2n) is 7.04. The van der Waals surface area contributed by atoms with E-state index in [1.54, 1.807) is 0 Å². The van der Waals surface area contributed by atoms with Crippen LogP contribution in [0.25, 0.3) is 10.1 Å². The first kappa shape index (κ1) is 21.8. The first-order valence-electron chi connectivity index (χ1n) is 8.98. The summed E-state index contributed by atoms with van der Waals surface area (Å²) in [4.78, 5) is 24.1. The SMILES string of the molecule is O=C(NS(=O)(=O)c1cc(C(=O)C2CC2)ccc1Cl)c1cc2c(C(F)(F)F)cccc2s1. The van der Waals surface area contributed by atoms with E-state index in [2.05, 4.69) is 0 Å². The first-order chi connectivity index (χ1) is 14.5. The van der Waals surface area contributed by atoms with Gasteiger partial charge in [0.05, 0.1) is 15.5 Å². The molecule has 1 N–H and O–H groups in total. The lowest BCUT2D eigenvalue weighted by atomic mass is 10.1. The topological polar surface area (TPSA) is 80.3 Å². The average molecular weight is 488 g/mol. The van der Waals surface area contributed by atoms with Gasteiger partial charge in [-0.25, -0.2) is 13.1 Å². The van der Waals surface area contributed by atoms with Crippen LogP contribution in [0.4, 0.5) is 13.2 Å². The van der Waals surface area contributed by atoms with Gasteiger partial charge in [-0.3, -0.25) is 9.59 Å². The standard InChI is InChI=1S/C20H13ClF3NO4S2/c21-14-7-6-11(18(26)10-4-5-10)8-17(14)31(28,29)25-19(27)16-9-12-13(20(22,23)24)2-1-3-15(12)30-16/h1-3,6-10H,4-5H2,(H,25,27). The Morgan fingerprint density at radius 3 is 2.45 bits per heavy atom. The number of Topliss-reactive ketones (excluding diaryl/α,β-unsaturated/α-hetero) is 1. The molecule has 1 aliphatic carbocycles. The fourth-order valence-corrected chi connectivity index (χ4v) is 5.63. The molecule has 162 valence electrons. The van der Waals surface area contributed by atoms with E-state index in [0.717, 1.165) is 42.4 Å². The Balaban J connectivity index is 1.65.